The van der Waals surface area contributed by atoms with Crippen LogP contribution in [0.15, 0.2) is 23.8 Å². The summed E-state index contributed by atoms with van der Waals surface area (Å²) in [6.07, 6.45) is 7.39. The van der Waals surface area contributed by atoms with Crippen molar-refractivity contribution in [1.82, 2.24) is 0 Å². The van der Waals surface area contributed by atoms with E-state index in [1.54, 1.807) is 0 Å². The minimum Gasteiger partial charge on any atom is -0.192 e. The molecule has 1 saturated carbocycles. The number of hydrogen-bond acceptors (Lipinski definition) is 1. The molecule has 0 aromatic rings. The molecule has 1 heteroatoms. The van der Waals surface area contributed by atoms with Crippen molar-refractivity contribution < 1.29 is 0 Å². The molecule has 0 heterocycles. The fourth-order valence-electron chi connectivity index (χ4n) is 3.25. The molecule has 2 aliphatic carbocycles. The lowest BCUT2D eigenvalue weighted by molar-refractivity contribution is 0.144. The monoisotopic (exact) mass is 201 g/mol. The number of fused-ring (bicyclic) bond motifs is 1. The second-order valence-corrected chi connectivity index (χ2v) is 5.45. The highest BCUT2D eigenvalue weighted by molar-refractivity contribution is 5.47. The Kier molecular flexibility index (Phi) is 2.46. The summed E-state index contributed by atoms with van der Waals surface area (Å²) in [6.45, 7) is 8.62. The molecule has 0 amide bonds. The summed E-state index contributed by atoms with van der Waals surface area (Å²) < 4.78 is 0. The van der Waals surface area contributed by atoms with Crippen LogP contribution in [0.1, 0.15) is 39.5 Å². The molecule has 0 aliphatic heterocycles. The van der Waals surface area contributed by atoms with Crippen molar-refractivity contribution in [2.75, 3.05) is 0 Å². The van der Waals surface area contributed by atoms with Gasteiger partial charge in [-0.3, -0.25) is 0 Å². The molecular formula is C14H19N. The van der Waals surface area contributed by atoms with E-state index in [2.05, 4.69) is 32.6 Å². The minimum absolute atomic E-state index is 0.116. The van der Waals surface area contributed by atoms with Crippen LogP contribution < -0.4 is 0 Å². The van der Waals surface area contributed by atoms with Gasteiger partial charge < -0.3 is 0 Å². The van der Waals surface area contributed by atoms with Gasteiger partial charge >= 0.3 is 0 Å². The molecule has 15 heavy (non-hydrogen) atoms. The smallest absolute Gasteiger partial charge is 0.0991 e. The van der Waals surface area contributed by atoms with Crippen LogP contribution in [0.4, 0.5) is 0 Å². The highest BCUT2D eigenvalue weighted by Gasteiger charge is 2.42. The van der Waals surface area contributed by atoms with E-state index >= 15 is 0 Å². The van der Waals surface area contributed by atoms with Crippen LogP contribution in [0, 0.1) is 28.6 Å². The predicted octanol–water partition coefficient (Wildman–Crippen LogP) is 3.84. The van der Waals surface area contributed by atoms with Gasteiger partial charge in [0.2, 0.25) is 0 Å². The molecule has 0 spiro atoms. The van der Waals surface area contributed by atoms with Crippen molar-refractivity contribution in [2.24, 2.45) is 17.3 Å². The molecule has 0 aromatic heterocycles. The van der Waals surface area contributed by atoms with Gasteiger partial charge in [0, 0.05) is 0 Å². The van der Waals surface area contributed by atoms with Gasteiger partial charge in [-0.2, -0.15) is 5.26 Å². The molecule has 0 N–H and O–H groups in total. The van der Waals surface area contributed by atoms with Crippen molar-refractivity contribution >= 4 is 0 Å². The van der Waals surface area contributed by atoms with Crippen molar-refractivity contribution in [1.29, 1.82) is 5.26 Å². The first-order valence-electron chi connectivity index (χ1n) is 5.89. The molecule has 0 saturated heterocycles. The van der Waals surface area contributed by atoms with E-state index in [9.17, 15) is 0 Å². The molecule has 1 fully saturated rings. The van der Waals surface area contributed by atoms with Crippen LogP contribution >= 0.6 is 0 Å². The zero-order valence-electron chi connectivity index (χ0n) is 9.71. The van der Waals surface area contributed by atoms with Crippen molar-refractivity contribution in [3.63, 3.8) is 0 Å². The topological polar surface area (TPSA) is 23.8 Å². The molecule has 0 radical (unpaired) electrons. The van der Waals surface area contributed by atoms with Crippen LogP contribution in [-0.4, -0.2) is 0 Å². The Morgan fingerprint density at radius 1 is 1.40 bits per heavy atom. The van der Waals surface area contributed by atoms with Gasteiger partial charge in [-0.1, -0.05) is 39.3 Å². The predicted molar refractivity (Wildman–Crippen MR) is 62.1 cm³/mol. The second-order valence-electron chi connectivity index (χ2n) is 5.45. The molecule has 80 valence electrons. The third kappa shape index (κ3) is 1.53. The summed E-state index contributed by atoms with van der Waals surface area (Å²) >= 11 is 0. The Balaban J connectivity index is 2.41. The van der Waals surface area contributed by atoms with Crippen molar-refractivity contribution in [3.8, 4) is 6.07 Å². The number of nitrogens with zero attached hydrogens (tertiary/aromatic N) is 1. The first-order chi connectivity index (χ1) is 7.07. The van der Waals surface area contributed by atoms with Crippen molar-refractivity contribution in [2.45, 2.75) is 39.5 Å². The van der Waals surface area contributed by atoms with Gasteiger partial charge in [-0.25, -0.2) is 0 Å². The Bertz CT molecular complexity index is 354. The Morgan fingerprint density at radius 2 is 2.07 bits per heavy atom. The van der Waals surface area contributed by atoms with Gasteiger partial charge in [-0.05, 0) is 35.7 Å². The van der Waals surface area contributed by atoms with E-state index in [4.69, 9.17) is 5.26 Å². The lowest BCUT2D eigenvalue weighted by Crippen LogP contribution is -2.37. The summed E-state index contributed by atoms with van der Waals surface area (Å²) in [5.74, 6) is 1.32. The molecule has 0 aromatic carbocycles. The molecule has 2 aliphatic rings. The summed E-state index contributed by atoms with van der Waals surface area (Å²) in [5.41, 5.74) is 2.00. The average molecular weight is 201 g/mol. The molecule has 0 bridgehead atoms. The van der Waals surface area contributed by atoms with Gasteiger partial charge in [0.15, 0.2) is 0 Å². The molecular weight excluding hydrogens is 182 g/mol. The quantitative estimate of drug-likeness (QED) is 0.584. The minimum atomic E-state index is 0.116. The van der Waals surface area contributed by atoms with Crippen LogP contribution in [0.5, 0.6) is 0 Å². The lowest BCUT2D eigenvalue weighted by Gasteiger charge is -2.46. The summed E-state index contributed by atoms with van der Waals surface area (Å²) in [6, 6.07) is 2.30. The maximum absolute atomic E-state index is 9.10. The average Bonchev–Trinajstić information content (AvgIpc) is 2.24. The number of allylic oxidation sites excluding steroid dienone is 3. The second kappa shape index (κ2) is 3.52. The molecule has 1 nitrogen and oxygen atoms in total. The SMILES string of the molecule is C=C1C(C#N)=CC2CCCCC2C1(C)C. The highest BCUT2D eigenvalue weighted by Crippen LogP contribution is 2.51. The van der Waals surface area contributed by atoms with E-state index in [-0.39, 0.29) is 5.41 Å². The zero-order chi connectivity index (χ0) is 11.1. The number of rotatable bonds is 0. The van der Waals surface area contributed by atoms with Gasteiger partial charge in [-0.15, -0.1) is 0 Å². The largest absolute Gasteiger partial charge is 0.192 e. The van der Waals surface area contributed by atoms with Gasteiger partial charge in [0.05, 0.1) is 11.6 Å². The summed E-state index contributed by atoms with van der Waals surface area (Å²) in [5, 5.41) is 9.10. The fourth-order valence-corrected chi connectivity index (χ4v) is 3.25. The van der Waals surface area contributed by atoms with Crippen LogP contribution in [0.2, 0.25) is 0 Å². The Labute approximate surface area is 92.5 Å². The molecule has 2 rings (SSSR count). The van der Waals surface area contributed by atoms with E-state index in [0.29, 0.717) is 11.8 Å². The number of hydrogen-bond donors (Lipinski definition) is 0. The highest BCUT2D eigenvalue weighted by atomic mass is 14.5. The normalized spacial score (nSPS) is 33.9. The Morgan fingerprint density at radius 3 is 2.73 bits per heavy atom. The number of nitriles is 1. The van der Waals surface area contributed by atoms with E-state index in [1.165, 1.54) is 25.7 Å². The maximum Gasteiger partial charge on any atom is 0.0991 e. The lowest BCUT2D eigenvalue weighted by atomic mass is 9.58. The van der Waals surface area contributed by atoms with Crippen LogP contribution in [0.25, 0.3) is 0 Å². The first-order valence-corrected chi connectivity index (χ1v) is 5.89. The van der Waals surface area contributed by atoms with E-state index < -0.39 is 0 Å². The van der Waals surface area contributed by atoms with E-state index in [1.807, 2.05) is 0 Å². The van der Waals surface area contributed by atoms with Crippen LogP contribution in [0.3, 0.4) is 0 Å². The first kappa shape index (κ1) is 10.5. The maximum atomic E-state index is 9.10. The van der Waals surface area contributed by atoms with Crippen molar-refractivity contribution in [3.05, 3.63) is 23.8 Å². The third-order valence-electron chi connectivity index (χ3n) is 4.35. The van der Waals surface area contributed by atoms with E-state index in [0.717, 1.165) is 11.1 Å². The molecule has 2 atom stereocenters. The molecule has 2 unspecified atom stereocenters. The standard InChI is InChI=1S/C14H19N/c1-10-12(9-15)8-11-6-4-5-7-13(11)14(10,2)3/h8,11,13H,1,4-7H2,2-3H3. The van der Waals surface area contributed by atoms with Gasteiger partial charge in [0.25, 0.3) is 0 Å². The third-order valence-corrected chi connectivity index (χ3v) is 4.35. The van der Waals surface area contributed by atoms with Gasteiger partial charge in [0.1, 0.15) is 0 Å². The zero-order valence-corrected chi connectivity index (χ0v) is 9.71. The summed E-state index contributed by atoms with van der Waals surface area (Å²) in [4.78, 5) is 0. The fraction of sp³-hybridized carbons (Fsp3) is 0.643. The van der Waals surface area contributed by atoms with Crippen LogP contribution in [-0.2, 0) is 0 Å². The Hall–Kier alpha value is -1.03. The summed E-state index contributed by atoms with van der Waals surface area (Å²) in [7, 11) is 0.